The molecule has 1 aromatic rings. The standard InChI is InChI=1S/C14H20FNO/c1-10(2)16-8-4-5-14(17)13-7-6-12(15)9-11(13)3/h6-7,9-10,16H,4-5,8H2,1-3H3. The second-order valence-corrected chi connectivity index (χ2v) is 4.59. The van der Waals surface area contributed by atoms with Gasteiger partial charge in [-0.3, -0.25) is 4.79 Å². The Bertz CT molecular complexity index is 388. The van der Waals surface area contributed by atoms with Gasteiger partial charge in [-0.25, -0.2) is 4.39 Å². The van der Waals surface area contributed by atoms with Crippen LogP contribution in [0.15, 0.2) is 18.2 Å². The molecule has 0 amide bonds. The molecule has 0 radical (unpaired) electrons. The van der Waals surface area contributed by atoms with Crippen molar-refractivity contribution in [3.63, 3.8) is 0 Å². The lowest BCUT2D eigenvalue weighted by Crippen LogP contribution is -2.24. The van der Waals surface area contributed by atoms with Crippen molar-refractivity contribution in [1.29, 1.82) is 0 Å². The minimum absolute atomic E-state index is 0.0908. The van der Waals surface area contributed by atoms with Crippen LogP contribution in [0.5, 0.6) is 0 Å². The fourth-order valence-corrected chi connectivity index (χ4v) is 1.71. The number of hydrogen-bond acceptors (Lipinski definition) is 2. The van der Waals surface area contributed by atoms with E-state index in [0.717, 1.165) is 13.0 Å². The van der Waals surface area contributed by atoms with Crippen molar-refractivity contribution in [2.45, 2.75) is 39.7 Å². The molecule has 1 rings (SSSR count). The number of hydrogen-bond donors (Lipinski definition) is 1. The van der Waals surface area contributed by atoms with E-state index < -0.39 is 0 Å². The predicted molar refractivity (Wildman–Crippen MR) is 67.8 cm³/mol. The molecule has 0 heterocycles. The summed E-state index contributed by atoms with van der Waals surface area (Å²) in [5.74, 6) is -0.200. The van der Waals surface area contributed by atoms with Gasteiger partial charge in [-0.1, -0.05) is 13.8 Å². The smallest absolute Gasteiger partial charge is 0.163 e. The molecule has 94 valence electrons. The largest absolute Gasteiger partial charge is 0.315 e. The zero-order valence-electron chi connectivity index (χ0n) is 10.7. The van der Waals surface area contributed by atoms with Crippen LogP contribution in [0, 0.1) is 12.7 Å². The number of aryl methyl sites for hydroxylation is 1. The van der Waals surface area contributed by atoms with E-state index in [1.165, 1.54) is 12.1 Å². The Morgan fingerprint density at radius 1 is 1.41 bits per heavy atom. The van der Waals surface area contributed by atoms with Crippen LogP contribution < -0.4 is 5.32 Å². The van der Waals surface area contributed by atoms with Crippen LogP contribution in [0.3, 0.4) is 0 Å². The quantitative estimate of drug-likeness (QED) is 0.608. The van der Waals surface area contributed by atoms with Crippen molar-refractivity contribution in [3.05, 3.63) is 35.1 Å². The summed E-state index contributed by atoms with van der Waals surface area (Å²) in [5.41, 5.74) is 1.35. The number of halogens is 1. The van der Waals surface area contributed by atoms with E-state index >= 15 is 0 Å². The summed E-state index contributed by atoms with van der Waals surface area (Å²) < 4.78 is 12.9. The molecule has 0 saturated carbocycles. The number of benzene rings is 1. The lowest BCUT2D eigenvalue weighted by molar-refractivity contribution is 0.0979. The lowest BCUT2D eigenvalue weighted by atomic mass is 10.0. The molecular formula is C14H20FNO. The Labute approximate surface area is 102 Å². The Balaban J connectivity index is 2.47. The topological polar surface area (TPSA) is 29.1 Å². The summed E-state index contributed by atoms with van der Waals surface area (Å²) >= 11 is 0. The molecule has 0 aliphatic rings. The van der Waals surface area contributed by atoms with Gasteiger partial charge in [-0.05, 0) is 43.7 Å². The second kappa shape index (κ2) is 6.50. The van der Waals surface area contributed by atoms with Gasteiger partial charge in [0.05, 0.1) is 0 Å². The van der Waals surface area contributed by atoms with E-state index in [0.29, 0.717) is 23.6 Å². The van der Waals surface area contributed by atoms with Crippen molar-refractivity contribution in [3.8, 4) is 0 Å². The Morgan fingerprint density at radius 3 is 2.71 bits per heavy atom. The fourth-order valence-electron chi connectivity index (χ4n) is 1.71. The molecule has 0 aliphatic carbocycles. The normalized spacial score (nSPS) is 10.9. The lowest BCUT2D eigenvalue weighted by Gasteiger charge is -2.08. The Hall–Kier alpha value is -1.22. The number of carbonyl (C=O) groups is 1. The zero-order valence-corrected chi connectivity index (χ0v) is 10.7. The third kappa shape index (κ3) is 4.65. The third-order valence-electron chi connectivity index (χ3n) is 2.62. The Kier molecular flexibility index (Phi) is 5.29. The van der Waals surface area contributed by atoms with E-state index in [2.05, 4.69) is 19.2 Å². The maximum atomic E-state index is 12.9. The SMILES string of the molecule is Cc1cc(F)ccc1C(=O)CCCNC(C)C. The third-order valence-corrected chi connectivity index (χ3v) is 2.62. The van der Waals surface area contributed by atoms with Crippen molar-refractivity contribution < 1.29 is 9.18 Å². The highest BCUT2D eigenvalue weighted by Gasteiger charge is 2.09. The van der Waals surface area contributed by atoms with Gasteiger partial charge in [-0.15, -0.1) is 0 Å². The first kappa shape index (κ1) is 13.8. The number of carbonyl (C=O) groups excluding carboxylic acids is 1. The second-order valence-electron chi connectivity index (χ2n) is 4.59. The number of ketones is 1. The molecule has 17 heavy (non-hydrogen) atoms. The maximum absolute atomic E-state index is 12.9. The van der Waals surface area contributed by atoms with Gasteiger partial charge in [-0.2, -0.15) is 0 Å². The molecule has 0 aromatic heterocycles. The number of Topliss-reactive ketones (excluding diaryl/α,β-unsaturated/α-hetero) is 1. The van der Waals surface area contributed by atoms with E-state index in [-0.39, 0.29) is 11.6 Å². The molecule has 0 spiro atoms. The first-order valence-electron chi connectivity index (χ1n) is 6.03. The molecule has 2 nitrogen and oxygen atoms in total. The van der Waals surface area contributed by atoms with Crippen LogP contribution in [0.25, 0.3) is 0 Å². The molecule has 0 aliphatic heterocycles. The van der Waals surface area contributed by atoms with Crippen molar-refractivity contribution >= 4 is 5.78 Å². The zero-order chi connectivity index (χ0) is 12.8. The molecule has 0 saturated heterocycles. The first-order valence-corrected chi connectivity index (χ1v) is 6.03. The Morgan fingerprint density at radius 2 is 2.12 bits per heavy atom. The van der Waals surface area contributed by atoms with Gasteiger partial charge in [0.25, 0.3) is 0 Å². The van der Waals surface area contributed by atoms with Crippen LogP contribution >= 0.6 is 0 Å². The average molecular weight is 237 g/mol. The predicted octanol–water partition coefficient (Wildman–Crippen LogP) is 3.10. The highest BCUT2D eigenvalue weighted by atomic mass is 19.1. The van der Waals surface area contributed by atoms with Gasteiger partial charge >= 0.3 is 0 Å². The molecule has 1 N–H and O–H groups in total. The number of nitrogens with one attached hydrogen (secondary N) is 1. The molecule has 1 aromatic carbocycles. The van der Waals surface area contributed by atoms with Gasteiger partial charge in [0.15, 0.2) is 5.78 Å². The summed E-state index contributed by atoms with van der Waals surface area (Å²) in [7, 11) is 0. The van der Waals surface area contributed by atoms with Crippen molar-refractivity contribution in [2.24, 2.45) is 0 Å². The van der Waals surface area contributed by atoms with Crippen LogP contribution in [0.4, 0.5) is 4.39 Å². The van der Waals surface area contributed by atoms with Crippen LogP contribution in [0.1, 0.15) is 42.6 Å². The summed E-state index contributed by atoms with van der Waals surface area (Å²) in [6.45, 7) is 6.75. The molecular weight excluding hydrogens is 217 g/mol. The van der Waals surface area contributed by atoms with Crippen molar-refractivity contribution in [1.82, 2.24) is 5.32 Å². The average Bonchev–Trinajstić information content (AvgIpc) is 2.23. The summed E-state index contributed by atoms with van der Waals surface area (Å²) in [6.07, 6.45) is 1.32. The maximum Gasteiger partial charge on any atom is 0.163 e. The fraction of sp³-hybridized carbons (Fsp3) is 0.500. The first-order chi connectivity index (χ1) is 8.00. The minimum atomic E-state index is -0.291. The van der Waals surface area contributed by atoms with E-state index in [4.69, 9.17) is 0 Å². The van der Waals surface area contributed by atoms with Crippen LogP contribution in [0.2, 0.25) is 0 Å². The molecule has 0 atom stereocenters. The van der Waals surface area contributed by atoms with Gasteiger partial charge < -0.3 is 5.32 Å². The summed E-state index contributed by atoms with van der Waals surface area (Å²) in [6, 6.07) is 4.76. The highest BCUT2D eigenvalue weighted by Crippen LogP contribution is 2.13. The molecule has 0 unspecified atom stereocenters. The summed E-state index contributed by atoms with van der Waals surface area (Å²) in [5, 5.41) is 3.26. The monoisotopic (exact) mass is 237 g/mol. The van der Waals surface area contributed by atoms with Gasteiger partial charge in [0.2, 0.25) is 0 Å². The number of rotatable bonds is 6. The van der Waals surface area contributed by atoms with Gasteiger partial charge in [0.1, 0.15) is 5.82 Å². The van der Waals surface area contributed by atoms with E-state index in [1.807, 2.05) is 0 Å². The molecule has 0 fully saturated rings. The highest BCUT2D eigenvalue weighted by molar-refractivity contribution is 5.97. The molecule has 0 bridgehead atoms. The minimum Gasteiger partial charge on any atom is -0.315 e. The van der Waals surface area contributed by atoms with Crippen LogP contribution in [-0.2, 0) is 0 Å². The molecule has 3 heteroatoms. The van der Waals surface area contributed by atoms with Crippen LogP contribution in [-0.4, -0.2) is 18.4 Å². The van der Waals surface area contributed by atoms with E-state index in [1.54, 1.807) is 13.0 Å². The van der Waals surface area contributed by atoms with E-state index in [9.17, 15) is 9.18 Å². The summed E-state index contributed by atoms with van der Waals surface area (Å²) in [4.78, 5) is 11.9. The van der Waals surface area contributed by atoms with Gasteiger partial charge in [0, 0.05) is 18.0 Å². The van der Waals surface area contributed by atoms with Crippen molar-refractivity contribution in [2.75, 3.05) is 6.54 Å².